The van der Waals surface area contributed by atoms with Gasteiger partial charge in [0.2, 0.25) is 0 Å². The van der Waals surface area contributed by atoms with Gasteiger partial charge in [0.25, 0.3) is 0 Å². The van der Waals surface area contributed by atoms with Gasteiger partial charge in [-0.05, 0) is 37.1 Å². The van der Waals surface area contributed by atoms with Crippen LogP contribution in [0.1, 0.15) is 34.3 Å². The lowest BCUT2D eigenvalue weighted by Gasteiger charge is -2.19. The van der Waals surface area contributed by atoms with E-state index in [1.807, 2.05) is 36.4 Å². The Hall–Kier alpha value is -1.32. The third kappa shape index (κ3) is 3.14. The summed E-state index contributed by atoms with van der Waals surface area (Å²) in [7, 11) is 0. The summed E-state index contributed by atoms with van der Waals surface area (Å²) < 4.78 is 6.90. The molecular weight excluding hydrogens is 352 g/mol. The molecule has 2 aromatic rings. The molecule has 0 bridgehead atoms. The molecule has 1 aliphatic carbocycles. The number of hydrogen-bond acceptors (Lipinski definition) is 2. The van der Waals surface area contributed by atoms with E-state index in [4.69, 9.17) is 16.3 Å². The first-order chi connectivity index (χ1) is 10.1. The van der Waals surface area contributed by atoms with E-state index in [1.54, 1.807) is 0 Å². The van der Waals surface area contributed by atoms with Crippen LogP contribution < -0.4 is 4.74 Å². The standard InChI is InChI=1S/C17H14BrClO2/c18-15-8-7-12(19)9-11(15)10-21-17-6-2-3-13-14(17)4-1-5-16(13)20/h2-3,6-9H,1,4-5,10H2. The normalized spacial score (nSPS) is 13.9. The maximum absolute atomic E-state index is 11.9. The van der Waals surface area contributed by atoms with Gasteiger partial charge < -0.3 is 4.74 Å². The fourth-order valence-electron chi connectivity index (χ4n) is 2.59. The zero-order valence-electron chi connectivity index (χ0n) is 11.4. The zero-order chi connectivity index (χ0) is 14.8. The third-order valence-electron chi connectivity index (χ3n) is 3.66. The number of ether oxygens (including phenoxy) is 1. The second-order valence-electron chi connectivity index (χ2n) is 5.08. The van der Waals surface area contributed by atoms with Crippen LogP contribution in [0, 0.1) is 0 Å². The van der Waals surface area contributed by atoms with Gasteiger partial charge in [0.15, 0.2) is 5.78 Å². The minimum Gasteiger partial charge on any atom is -0.489 e. The van der Waals surface area contributed by atoms with Crippen molar-refractivity contribution in [2.45, 2.75) is 25.9 Å². The molecule has 0 amide bonds. The van der Waals surface area contributed by atoms with Crippen LogP contribution in [-0.4, -0.2) is 5.78 Å². The monoisotopic (exact) mass is 364 g/mol. The minimum atomic E-state index is 0.214. The Morgan fingerprint density at radius 2 is 2.05 bits per heavy atom. The largest absolute Gasteiger partial charge is 0.489 e. The predicted molar refractivity (Wildman–Crippen MR) is 87.2 cm³/mol. The molecule has 108 valence electrons. The van der Waals surface area contributed by atoms with Gasteiger partial charge >= 0.3 is 0 Å². The van der Waals surface area contributed by atoms with Crippen molar-refractivity contribution >= 4 is 33.3 Å². The zero-order valence-corrected chi connectivity index (χ0v) is 13.7. The first-order valence-electron chi connectivity index (χ1n) is 6.87. The Balaban J connectivity index is 1.84. The van der Waals surface area contributed by atoms with Gasteiger partial charge in [-0.2, -0.15) is 0 Å². The second-order valence-corrected chi connectivity index (χ2v) is 6.37. The molecule has 4 heteroatoms. The first kappa shape index (κ1) is 14.6. The van der Waals surface area contributed by atoms with E-state index >= 15 is 0 Å². The lowest BCUT2D eigenvalue weighted by atomic mass is 9.90. The Labute approximate surface area is 137 Å². The van der Waals surface area contributed by atoms with E-state index in [1.165, 1.54) is 0 Å². The summed E-state index contributed by atoms with van der Waals surface area (Å²) in [6.07, 6.45) is 2.43. The van der Waals surface area contributed by atoms with Gasteiger partial charge in [0, 0.05) is 32.6 Å². The van der Waals surface area contributed by atoms with Gasteiger partial charge in [0.1, 0.15) is 12.4 Å². The van der Waals surface area contributed by atoms with Crippen LogP contribution in [0.4, 0.5) is 0 Å². The van der Waals surface area contributed by atoms with E-state index < -0.39 is 0 Å². The molecule has 0 unspecified atom stereocenters. The average Bonchev–Trinajstić information content (AvgIpc) is 2.49. The number of Topliss-reactive ketones (excluding diaryl/α,β-unsaturated/α-hetero) is 1. The van der Waals surface area contributed by atoms with Gasteiger partial charge in [-0.3, -0.25) is 4.79 Å². The summed E-state index contributed by atoms with van der Waals surface area (Å²) in [4.78, 5) is 11.9. The molecule has 2 aromatic carbocycles. The molecule has 0 N–H and O–H groups in total. The first-order valence-corrected chi connectivity index (χ1v) is 8.04. The number of halogens is 2. The van der Waals surface area contributed by atoms with E-state index in [0.717, 1.165) is 39.8 Å². The molecule has 0 atom stereocenters. The molecule has 0 aromatic heterocycles. The topological polar surface area (TPSA) is 26.3 Å². The molecule has 0 radical (unpaired) electrons. The number of carbonyl (C=O) groups excluding carboxylic acids is 1. The van der Waals surface area contributed by atoms with E-state index in [0.29, 0.717) is 18.1 Å². The molecule has 0 fully saturated rings. The Kier molecular flexibility index (Phi) is 4.32. The summed E-state index contributed by atoms with van der Waals surface area (Å²) in [5.74, 6) is 1.01. The molecule has 0 spiro atoms. The average molecular weight is 366 g/mol. The van der Waals surface area contributed by atoms with E-state index in [2.05, 4.69) is 15.9 Å². The second kappa shape index (κ2) is 6.20. The molecule has 0 aliphatic heterocycles. The minimum absolute atomic E-state index is 0.214. The van der Waals surface area contributed by atoms with Crippen molar-refractivity contribution < 1.29 is 9.53 Å². The number of rotatable bonds is 3. The number of fused-ring (bicyclic) bond motifs is 1. The third-order valence-corrected chi connectivity index (χ3v) is 4.66. The molecular formula is C17H14BrClO2. The highest BCUT2D eigenvalue weighted by atomic mass is 79.9. The quantitative estimate of drug-likeness (QED) is 0.747. The maximum atomic E-state index is 11.9. The Morgan fingerprint density at radius 3 is 2.90 bits per heavy atom. The molecule has 3 rings (SSSR count). The summed E-state index contributed by atoms with van der Waals surface area (Å²) in [6.45, 7) is 0.422. The van der Waals surface area contributed by atoms with Crippen molar-refractivity contribution in [3.8, 4) is 5.75 Å². The van der Waals surface area contributed by atoms with Gasteiger partial charge in [0.05, 0.1) is 0 Å². The summed E-state index contributed by atoms with van der Waals surface area (Å²) in [5, 5.41) is 0.682. The Morgan fingerprint density at radius 1 is 1.19 bits per heavy atom. The number of carbonyl (C=O) groups is 1. The molecule has 0 saturated carbocycles. The number of hydrogen-bond donors (Lipinski definition) is 0. The van der Waals surface area contributed by atoms with Crippen molar-refractivity contribution in [3.05, 3.63) is 62.6 Å². The van der Waals surface area contributed by atoms with Crippen molar-refractivity contribution in [3.63, 3.8) is 0 Å². The molecule has 0 saturated heterocycles. The highest BCUT2D eigenvalue weighted by molar-refractivity contribution is 9.10. The summed E-state index contributed by atoms with van der Waals surface area (Å²) >= 11 is 9.51. The van der Waals surface area contributed by atoms with Crippen LogP contribution in [0.25, 0.3) is 0 Å². The van der Waals surface area contributed by atoms with Gasteiger partial charge in [-0.25, -0.2) is 0 Å². The van der Waals surface area contributed by atoms with Crippen LogP contribution in [-0.2, 0) is 13.0 Å². The van der Waals surface area contributed by atoms with Gasteiger partial charge in [-0.15, -0.1) is 0 Å². The lowest BCUT2D eigenvalue weighted by Crippen LogP contribution is -2.12. The molecule has 21 heavy (non-hydrogen) atoms. The van der Waals surface area contributed by atoms with E-state index in [9.17, 15) is 4.79 Å². The predicted octanol–water partition coefficient (Wildman–Crippen LogP) is 5.20. The molecule has 0 heterocycles. The van der Waals surface area contributed by atoms with Crippen molar-refractivity contribution in [2.75, 3.05) is 0 Å². The highest BCUT2D eigenvalue weighted by Crippen LogP contribution is 2.31. The van der Waals surface area contributed by atoms with Crippen LogP contribution >= 0.6 is 27.5 Å². The smallest absolute Gasteiger partial charge is 0.163 e. The summed E-state index contributed by atoms with van der Waals surface area (Å²) in [6, 6.07) is 11.3. The van der Waals surface area contributed by atoms with E-state index in [-0.39, 0.29) is 5.78 Å². The van der Waals surface area contributed by atoms with Crippen molar-refractivity contribution in [1.29, 1.82) is 0 Å². The highest BCUT2D eigenvalue weighted by Gasteiger charge is 2.20. The maximum Gasteiger partial charge on any atom is 0.163 e. The van der Waals surface area contributed by atoms with Crippen LogP contribution in [0.15, 0.2) is 40.9 Å². The van der Waals surface area contributed by atoms with Crippen molar-refractivity contribution in [1.82, 2.24) is 0 Å². The number of benzene rings is 2. The fraction of sp³-hybridized carbons (Fsp3) is 0.235. The Bertz CT molecular complexity index is 697. The van der Waals surface area contributed by atoms with Gasteiger partial charge in [-0.1, -0.05) is 39.7 Å². The fourth-order valence-corrected chi connectivity index (χ4v) is 3.15. The SMILES string of the molecule is O=C1CCCc2c(OCc3cc(Cl)ccc3Br)cccc21. The van der Waals surface area contributed by atoms with Crippen LogP contribution in [0.5, 0.6) is 5.75 Å². The number of ketones is 1. The molecule has 1 aliphatic rings. The van der Waals surface area contributed by atoms with Crippen molar-refractivity contribution in [2.24, 2.45) is 0 Å². The van der Waals surface area contributed by atoms with Crippen LogP contribution in [0.3, 0.4) is 0 Å². The van der Waals surface area contributed by atoms with Crippen LogP contribution in [0.2, 0.25) is 5.02 Å². The summed E-state index contributed by atoms with van der Waals surface area (Å²) in [5.41, 5.74) is 2.83. The molecule has 2 nitrogen and oxygen atoms in total. The lowest BCUT2D eigenvalue weighted by molar-refractivity contribution is 0.0971.